The summed E-state index contributed by atoms with van der Waals surface area (Å²) in [6.07, 6.45) is 7.19. The fourth-order valence-corrected chi connectivity index (χ4v) is 2.66. The van der Waals surface area contributed by atoms with E-state index in [4.69, 9.17) is 11.6 Å². The molecule has 1 aliphatic rings. The molecule has 0 amide bonds. The van der Waals surface area contributed by atoms with Crippen molar-refractivity contribution in [3.8, 4) is 0 Å². The molecule has 0 saturated heterocycles. The Kier molecular flexibility index (Phi) is 4.21. The van der Waals surface area contributed by atoms with Gasteiger partial charge in [0.2, 0.25) is 5.28 Å². The summed E-state index contributed by atoms with van der Waals surface area (Å²) in [6, 6.07) is 0. The summed E-state index contributed by atoms with van der Waals surface area (Å²) in [5.41, 5.74) is 1.05. The molecule has 0 spiro atoms. The number of hydrogen-bond acceptors (Lipinski definition) is 3. The predicted molar refractivity (Wildman–Crippen MR) is 71.4 cm³/mol. The van der Waals surface area contributed by atoms with Gasteiger partial charge in [0, 0.05) is 18.3 Å². The average molecular weight is 254 g/mol. The van der Waals surface area contributed by atoms with Gasteiger partial charge >= 0.3 is 0 Å². The van der Waals surface area contributed by atoms with Gasteiger partial charge in [0.15, 0.2) is 0 Å². The van der Waals surface area contributed by atoms with Crippen LogP contribution in [-0.2, 0) is 0 Å². The molecular weight excluding hydrogens is 234 g/mol. The molecule has 1 saturated carbocycles. The fraction of sp³-hybridized carbons (Fsp3) is 0.692. The second kappa shape index (κ2) is 5.67. The normalized spacial score (nSPS) is 24.6. The highest BCUT2D eigenvalue weighted by molar-refractivity contribution is 6.28. The first-order valence-electron chi connectivity index (χ1n) is 6.40. The lowest BCUT2D eigenvalue weighted by atomic mass is 9.80. The molecule has 0 aromatic carbocycles. The predicted octanol–water partition coefficient (Wildman–Crippen LogP) is 3.68. The van der Waals surface area contributed by atoms with Crippen molar-refractivity contribution >= 4 is 17.4 Å². The molecule has 2 atom stereocenters. The van der Waals surface area contributed by atoms with Crippen molar-refractivity contribution in [2.45, 2.75) is 39.5 Å². The SMILES string of the molecule is Cc1cnc(Cl)nc1NCC1CCCCC1C. The minimum absolute atomic E-state index is 0.315. The maximum atomic E-state index is 5.80. The molecule has 0 bridgehead atoms. The lowest BCUT2D eigenvalue weighted by Crippen LogP contribution is -2.25. The van der Waals surface area contributed by atoms with Crippen molar-refractivity contribution < 1.29 is 0 Å². The van der Waals surface area contributed by atoms with E-state index in [0.717, 1.165) is 29.8 Å². The van der Waals surface area contributed by atoms with E-state index in [2.05, 4.69) is 22.2 Å². The Morgan fingerprint density at radius 2 is 2.18 bits per heavy atom. The Labute approximate surface area is 108 Å². The summed E-state index contributed by atoms with van der Waals surface area (Å²) in [5, 5.41) is 3.73. The molecule has 1 N–H and O–H groups in total. The standard InChI is InChI=1S/C13H20ClN3/c1-9-5-3-4-6-11(9)8-15-12-10(2)7-16-13(14)17-12/h7,9,11H,3-6,8H2,1-2H3,(H,15,16,17). The van der Waals surface area contributed by atoms with Crippen LogP contribution in [0.1, 0.15) is 38.2 Å². The highest BCUT2D eigenvalue weighted by Crippen LogP contribution is 2.29. The lowest BCUT2D eigenvalue weighted by Gasteiger charge is -2.29. The zero-order valence-electron chi connectivity index (χ0n) is 10.5. The van der Waals surface area contributed by atoms with Gasteiger partial charge in [-0.25, -0.2) is 9.97 Å². The number of anilines is 1. The molecule has 0 aliphatic heterocycles. The summed E-state index contributed by atoms with van der Waals surface area (Å²) in [5.74, 6) is 2.45. The summed E-state index contributed by atoms with van der Waals surface area (Å²) in [6.45, 7) is 5.35. The maximum absolute atomic E-state index is 5.80. The van der Waals surface area contributed by atoms with Crippen molar-refractivity contribution in [1.29, 1.82) is 0 Å². The van der Waals surface area contributed by atoms with Crippen molar-refractivity contribution in [2.24, 2.45) is 11.8 Å². The van der Waals surface area contributed by atoms with Crippen LogP contribution >= 0.6 is 11.6 Å². The Morgan fingerprint density at radius 1 is 1.41 bits per heavy atom. The molecule has 1 aromatic rings. The van der Waals surface area contributed by atoms with E-state index in [0.29, 0.717) is 5.28 Å². The summed E-state index contributed by atoms with van der Waals surface area (Å²) in [7, 11) is 0. The van der Waals surface area contributed by atoms with E-state index in [9.17, 15) is 0 Å². The Hall–Kier alpha value is -0.830. The molecule has 1 aliphatic carbocycles. The molecule has 4 heteroatoms. The zero-order chi connectivity index (χ0) is 12.3. The molecule has 17 heavy (non-hydrogen) atoms. The summed E-state index contributed by atoms with van der Waals surface area (Å²) < 4.78 is 0. The monoisotopic (exact) mass is 253 g/mol. The van der Waals surface area contributed by atoms with Gasteiger partial charge in [0.1, 0.15) is 5.82 Å². The summed E-state index contributed by atoms with van der Waals surface area (Å²) in [4.78, 5) is 8.19. The van der Waals surface area contributed by atoms with E-state index in [1.807, 2.05) is 6.92 Å². The van der Waals surface area contributed by atoms with Crippen LogP contribution in [0, 0.1) is 18.8 Å². The number of hydrogen-bond donors (Lipinski definition) is 1. The van der Waals surface area contributed by atoms with Gasteiger partial charge in [-0.1, -0.05) is 26.2 Å². The van der Waals surface area contributed by atoms with Crippen molar-refractivity contribution in [2.75, 3.05) is 11.9 Å². The van der Waals surface area contributed by atoms with Gasteiger partial charge in [-0.3, -0.25) is 0 Å². The quantitative estimate of drug-likeness (QED) is 0.835. The van der Waals surface area contributed by atoms with E-state index in [1.165, 1.54) is 25.7 Å². The van der Waals surface area contributed by atoms with Gasteiger partial charge in [0.25, 0.3) is 0 Å². The highest BCUT2D eigenvalue weighted by atomic mass is 35.5. The van der Waals surface area contributed by atoms with Crippen LogP contribution in [0.15, 0.2) is 6.20 Å². The molecule has 3 nitrogen and oxygen atoms in total. The first-order chi connectivity index (χ1) is 8.16. The van der Waals surface area contributed by atoms with Crippen LogP contribution in [-0.4, -0.2) is 16.5 Å². The Bertz CT molecular complexity index is 381. The van der Waals surface area contributed by atoms with E-state index >= 15 is 0 Å². The van der Waals surface area contributed by atoms with E-state index in [1.54, 1.807) is 6.20 Å². The van der Waals surface area contributed by atoms with Gasteiger partial charge in [0.05, 0.1) is 0 Å². The third-order valence-corrected chi connectivity index (χ3v) is 3.95. The Balaban J connectivity index is 1.94. The number of nitrogens with zero attached hydrogens (tertiary/aromatic N) is 2. The molecule has 2 unspecified atom stereocenters. The van der Waals surface area contributed by atoms with E-state index < -0.39 is 0 Å². The summed E-state index contributed by atoms with van der Waals surface area (Å²) >= 11 is 5.80. The van der Waals surface area contributed by atoms with Crippen molar-refractivity contribution in [3.05, 3.63) is 17.0 Å². The number of nitrogens with one attached hydrogen (secondary N) is 1. The topological polar surface area (TPSA) is 37.8 Å². The molecule has 2 rings (SSSR count). The van der Waals surface area contributed by atoms with Gasteiger partial charge in [-0.15, -0.1) is 0 Å². The van der Waals surface area contributed by atoms with Crippen LogP contribution in [0.3, 0.4) is 0 Å². The van der Waals surface area contributed by atoms with Crippen LogP contribution < -0.4 is 5.32 Å². The van der Waals surface area contributed by atoms with Gasteiger partial charge < -0.3 is 5.32 Å². The molecule has 94 valence electrons. The third kappa shape index (κ3) is 3.32. The fourth-order valence-electron chi connectivity index (χ4n) is 2.52. The average Bonchev–Trinajstić information content (AvgIpc) is 2.32. The van der Waals surface area contributed by atoms with E-state index in [-0.39, 0.29) is 0 Å². The minimum Gasteiger partial charge on any atom is -0.369 e. The second-order valence-electron chi connectivity index (χ2n) is 5.07. The number of halogens is 1. The van der Waals surface area contributed by atoms with Crippen LogP contribution in [0.5, 0.6) is 0 Å². The number of aromatic nitrogens is 2. The molecular formula is C13H20ClN3. The van der Waals surface area contributed by atoms with Gasteiger partial charge in [-0.2, -0.15) is 0 Å². The second-order valence-corrected chi connectivity index (χ2v) is 5.41. The lowest BCUT2D eigenvalue weighted by molar-refractivity contribution is 0.268. The molecule has 1 aromatic heterocycles. The molecule has 0 radical (unpaired) electrons. The van der Waals surface area contributed by atoms with Crippen molar-refractivity contribution in [1.82, 2.24) is 9.97 Å². The van der Waals surface area contributed by atoms with Crippen LogP contribution in [0.2, 0.25) is 5.28 Å². The molecule has 1 heterocycles. The van der Waals surface area contributed by atoms with Crippen LogP contribution in [0.25, 0.3) is 0 Å². The Morgan fingerprint density at radius 3 is 2.94 bits per heavy atom. The minimum atomic E-state index is 0.315. The highest BCUT2D eigenvalue weighted by Gasteiger charge is 2.21. The van der Waals surface area contributed by atoms with Gasteiger partial charge in [-0.05, 0) is 36.8 Å². The third-order valence-electron chi connectivity index (χ3n) is 3.76. The zero-order valence-corrected chi connectivity index (χ0v) is 11.3. The maximum Gasteiger partial charge on any atom is 0.224 e. The van der Waals surface area contributed by atoms with Crippen LogP contribution in [0.4, 0.5) is 5.82 Å². The first-order valence-corrected chi connectivity index (χ1v) is 6.77. The largest absolute Gasteiger partial charge is 0.369 e. The van der Waals surface area contributed by atoms with Crippen molar-refractivity contribution in [3.63, 3.8) is 0 Å². The smallest absolute Gasteiger partial charge is 0.224 e. The molecule has 1 fully saturated rings. The first kappa shape index (κ1) is 12.6. The number of rotatable bonds is 3. The number of aryl methyl sites for hydroxylation is 1.